The van der Waals surface area contributed by atoms with Gasteiger partial charge in [0.05, 0.1) is 37.3 Å². The maximum atomic E-state index is 14.7. The number of carbonyl (C=O) groups is 4. The van der Waals surface area contributed by atoms with E-state index in [-0.39, 0.29) is 68.3 Å². The molecule has 1 aromatic heterocycles. The lowest BCUT2D eigenvalue weighted by Gasteiger charge is -2.40. The molecular weight excluding hydrogens is 564 g/mol. The average Bonchev–Trinajstić information content (AvgIpc) is 3.64. The predicted molar refractivity (Wildman–Crippen MR) is 147 cm³/mol. The summed E-state index contributed by atoms with van der Waals surface area (Å²) in [5.74, 6) is -2.09. The normalized spacial score (nSPS) is 28.4. The molecule has 12 nitrogen and oxygen atoms in total. The van der Waals surface area contributed by atoms with Gasteiger partial charge in [0.1, 0.15) is 24.1 Å². The molecule has 6 rings (SSSR count). The fraction of sp³-hybridized carbons (Fsp3) is 0.586. The van der Waals surface area contributed by atoms with E-state index in [2.05, 4.69) is 15.6 Å². The highest BCUT2D eigenvalue weighted by molar-refractivity contribution is 5.93. The van der Waals surface area contributed by atoms with E-state index < -0.39 is 30.0 Å². The first-order chi connectivity index (χ1) is 20.7. The fourth-order valence-electron chi connectivity index (χ4n) is 6.63. The number of alkyl halides is 1. The molecule has 4 aliphatic rings. The molecule has 0 aliphatic carbocycles. The van der Waals surface area contributed by atoms with Gasteiger partial charge in [0, 0.05) is 51.9 Å². The van der Waals surface area contributed by atoms with E-state index in [0.717, 1.165) is 0 Å². The highest BCUT2D eigenvalue weighted by Crippen LogP contribution is 2.33. The molecule has 4 saturated heterocycles. The van der Waals surface area contributed by atoms with Crippen LogP contribution in [-0.4, -0.2) is 118 Å². The number of rotatable bonds is 5. The van der Waals surface area contributed by atoms with Crippen LogP contribution in [0.3, 0.4) is 0 Å². The van der Waals surface area contributed by atoms with E-state index in [9.17, 15) is 28.0 Å². The number of aromatic nitrogens is 3. The highest BCUT2D eigenvalue weighted by Gasteiger charge is 2.46. The topological polar surface area (TPSA) is 130 Å². The Labute approximate surface area is 247 Å². The lowest BCUT2D eigenvalue weighted by Crippen LogP contribution is -2.55. The standard InChI is InChI=1S/C29H35F2N7O5/c30-20-1-3-23(4-2-20)38-17-22(33-34-38)14-24-28(41)37-16-21(31)13-25(37)29(42)36-6-5-18(19(15-36)11-26(39)32-24)12-27(40)35-7-9-43-10-8-35/h1-4,17-19,21,24-25H,5-16H2,(H,32,39)/t18-,19-,21-,24+,25-/m0/s1. The summed E-state index contributed by atoms with van der Waals surface area (Å²) in [5.41, 5.74) is 0.940. The number of benzene rings is 1. The number of piperidine rings is 1. The van der Waals surface area contributed by atoms with Gasteiger partial charge in [-0.1, -0.05) is 5.21 Å². The summed E-state index contributed by atoms with van der Waals surface area (Å²) in [7, 11) is 0. The smallest absolute Gasteiger partial charge is 0.246 e. The Morgan fingerprint density at radius 1 is 1.05 bits per heavy atom. The van der Waals surface area contributed by atoms with Crippen LogP contribution in [0.25, 0.3) is 5.69 Å². The van der Waals surface area contributed by atoms with Crippen molar-refractivity contribution in [1.82, 2.24) is 35.0 Å². The number of morpholine rings is 1. The number of fused-ring (bicyclic) bond motifs is 3. The van der Waals surface area contributed by atoms with Gasteiger partial charge in [0.25, 0.3) is 0 Å². The van der Waals surface area contributed by atoms with E-state index in [4.69, 9.17) is 4.74 Å². The minimum absolute atomic E-state index is 0.00216. The van der Waals surface area contributed by atoms with Crippen LogP contribution in [-0.2, 0) is 30.3 Å². The third-order valence-corrected chi connectivity index (χ3v) is 8.95. The van der Waals surface area contributed by atoms with Crippen LogP contribution in [0.15, 0.2) is 30.5 Å². The zero-order chi connectivity index (χ0) is 30.1. The Kier molecular flexibility index (Phi) is 8.37. The summed E-state index contributed by atoms with van der Waals surface area (Å²) in [4.78, 5) is 58.7. The summed E-state index contributed by atoms with van der Waals surface area (Å²) in [6.45, 7) is 2.44. The molecule has 43 heavy (non-hydrogen) atoms. The Hall–Kier alpha value is -3.94. The summed E-state index contributed by atoms with van der Waals surface area (Å²) in [5, 5.41) is 11.0. The molecular formula is C29H35F2N7O5. The number of hydrogen-bond acceptors (Lipinski definition) is 7. The van der Waals surface area contributed by atoms with E-state index >= 15 is 0 Å². The van der Waals surface area contributed by atoms with Gasteiger partial charge in [-0.3, -0.25) is 19.2 Å². The number of amides is 4. The number of halogens is 2. The van der Waals surface area contributed by atoms with Crippen molar-refractivity contribution in [3.8, 4) is 5.69 Å². The van der Waals surface area contributed by atoms with E-state index in [1.807, 2.05) is 0 Å². The number of nitrogens with zero attached hydrogens (tertiary/aromatic N) is 6. The van der Waals surface area contributed by atoms with Crippen LogP contribution in [0.5, 0.6) is 0 Å². The Balaban J connectivity index is 1.23. The van der Waals surface area contributed by atoms with Crippen molar-refractivity contribution >= 4 is 23.6 Å². The highest BCUT2D eigenvalue weighted by atomic mass is 19.1. The van der Waals surface area contributed by atoms with Crippen LogP contribution < -0.4 is 5.32 Å². The van der Waals surface area contributed by atoms with Crippen molar-refractivity contribution in [2.24, 2.45) is 11.8 Å². The lowest BCUT2D eigenvalue weighted by molar-refractivity contribution is -0.146. The fourth-order valence-corrected chi connectivity index (χ4v) is 6.63. The molecule has 5 atom stereocenters. The molecule has 14 heteroatoms. The predicted octanol–water partition coefficient (Wildman–Crippen LogP) is 0.490. The molecule has 0 unspecified atom stereocenters. The molecule has 4 fully saturated rings. The third-order valence-electron chi connectivity index (χ3n) is 8.95. The van der Waals surface area contributed by atoms with Crippen LogP contribution in [0, 0.1) is 17.7 Å². The van der Waals surface area contributed by atoms with E-state index in [0.29, 0.717) is 50.7 Å². The minimum Gasteiger partial charge on any atom is -0.378 e. The Morgan fingerprint density at radius 3 is 2.58 bits per heavy atom. The Bertz CT molecular complexity index is 1370. The summed E-state index contributed by atoms with van der Waals surface area (Å²) in [6.07, 6.45) is 0.907. The monoisotopic (exact) mass is 599 g/mol. The second kappa shape index (κ2) is 12.3. The lowest BCUT2D eigenvalue weighted by atomic mass is 9.80. The van der Waals surface area contributed by atoms with Gasteiger partial charge >= 0.3 is 0 Å². The first-order valence-corrected chi connectivity index (χ1v) is 14.8. The summed E-state index contributed by atoms with van der Waals surface area (Å²) >= 11 is 0. The molecule has 1 N–H and O–H groups in total. The number of hydrogen-bond donors (Lipinski definition) is 1. The van der Waals surface area contributed by atoms with Crippen molar-refractivity contribution in [2.45, 2.75) is 50.4 Å². The minimum atomic E-state index is -1.36. The maximum Gasteiger partial charge on any atom is 0.246 e. The first kappa shape index (κ1) is 29.1. The maximum absolute atomic E-state index is 14.7. The van der Waals surface area contributed by atoms with Gasteiger partial charge < -0.3 is 24.8 Å². The van der Waals surface area contributed by atoms with Gasteiger partial charge in [-0.25, -0.2) is 13.5 Å². The van der Waals surface area contributed by atoms with Crippen molar-refractivity contribution in [1.29, 1.82) is 0 Å². The van der Waals surface area contributed by atoms with Gasteiger partial charge in [-0.2, -0.15) is 0 Å². The number of carbonyl (C=O) groups excluding carboxylic acids is 4. The zero-order valence-corrected chi connectivity index (χ0v) is 23.7. The molecule has 2 aromatic rings. The van der Waals surface area contributed by atoms with Crippen LogP contribution in [0.2, 0.25) is 0 Å². The molecule has 0 saturated carbocycles. The van der Waals surface area contributed by atoms with Gasteiger partial charge in [-0.15, -0.1) is 5.10 Å². The van der Waals surface area contributed by atoms with Crippen LogP contribution in [0.4, 0.5) is 8.78 Å². The van der Waals surface area contributed by atoms with Gasteiger partial charge in [-0.05, 0) is 42.5 Å². The molecule has 0 radical (unpaired) electrons. The van der Waals surface area contributed by atoms with E-state index in [1.54, 1.807) is 16.0 Å². The molecule has 4 amide bonds. The average molecular weight is 600 g/mol. The SMILES string of the molecule is O=C1C[C@H]2CN(CC[C@H]2CC(=O)N2CCOCC2)C(=O)[C@@H]2C[C@H](F)CN2C(=O)[C@@H](Cc2cn(-c3ccc(F)cc3)nn2)N1. The number of ether oxygens (including phenoxy) is 1. The van der Waals surface area contributed by atoms with Gasteiger partial charge in [0.15, 0.2) is 0 Å². The van der Waals surface area contributed by atoms with Crippen molar-refractivity contribution in [2.75, 3.05) is 45.9 Å². The molecule has 2 bridgehead atoms. The van der Waals surface area contributed by atoms with Crippen molar-refractivity contribution in [3.63, 3.8) is 0 Å². The molecule has 4 aliphatic heterocycles. The number of nitrogens with one attached hydrogen (secondary N) is 1. The quantitative estimate of drug-likeness (QED) is 0.530. The molecule has 230 valence electrons. The van der Waals surface area contributed by atoms with Gasteiger partial charge in [0.2, 0.25) is 23.6 Å². The molecule has 0 spiro atoms. The van der Waals surface area contributed by atoms with Crippen LogP contribution in [0.1, 0.15) is 31.4 Å². The summed E-state index contributed by atoms with van der Waals surface area (Å²) < 4.78 is 34.9. The zero-order valence-electron chi connectivity index (χ0n) is 23.7. The second-order valence-electron chi connectivity index (χ2n) is 11.8. The first-order valence-electron chi connectivity index (χ1n) is 14.8. The summed E-state index contributed by atoms with van der Waals surface area (Å²) in [6, 6.07) is 3.56. The van der Waals surface area contributed by atoms with E-state index in [1.165, 1.54) is 33.8 Å². The third kappa shape index (κ3) is 6.38. The van der Waals surface area contributed by atoms with Crippen molar-refractivity contribution in [3.05, 3.63) is 42.0 Å². The molecule has 1 aromatic carbocycles. The van der Waals surface area contributed by atoms with Crippen molar-refractivity contribution < 1.29 is 32.7 Å². The molecule has 5 heterocycles. The Morgan fingerprint density at radius 2 is 1.81 bits per heavy atom. The largest absolute Gasteiger partial charge is 0.378 e. The second-order valence-corrected chi connectivity index (χ2v) is 11.8. The van der Waals surface area contributed by atoms with Crippen LogP contribution >= 0.6 is 0 Å².